The number of carbonyl (C=O) groups is 1. The van der Waals surface area contributed by atoms with Gasteiger partial charge in [-0.25, -0.2) is 0 Å². The number of benzene rings is 1. The van der Waals surface area contributed by atoms with Gasteiger partial charge in [-0.1, -0.05) is 18.2 Å². The van der Waals surface area contributed by atoms with Crippen LogP contribution in [0.1, 0.15) is 25.5 Å². The lowest BCUT2D eigenvalue weighted by molar-refractivity contribution is -0.131. The van der Waals surface area contributed by atoms with Crippen LogP contribution in [0.3, 0.4) is 0 Å². The molecule has 2 aromatic rings. The van der Waals surface area contributed by atoms with Crippen molar-refractivity contribution in [1.82, 2.24) is 18.1 Å². The van der Waals surface area contributed by atoms with Crippen molar-refractivity contribution < 1.29 is 13.2 Å². The lowest BCUT2D eigenvalue weighted by Crippen LogP contribution is -2.53. The van der Waals surface area contributed by atoms with Crippen molar-refractivity contribution in [2.45, 2.75) is 26.3 Å². The van der Waals surface area contributed by atoms with Crippen LogP contribution >= 0.6 is 0 Å². The maximum Gasteiger partial charge on any atom is 0.281 e. The molecule has 0 unspecified atom stereocenters. The highest BCUT2D eigenvalue weighted by atomic mass is 32.2. The molecule has 3 rings (SSSR count). The number of aromatic nitrogens is 1. The van der Waals surface area contributed by atoms with Crippen molar-refractivity contribution in [2.24, 2.45) is 0 Å². The minimum Gasteiger partial charge on any atom is -0.345 e. The van der Waals surface area contributed by atoms with E-state index >= 15 is 0 Å². The zero-order valence-corrected chi connectivity index (χ0v) is 17.2. The van der Waals surface area contributed by atoms with E-state index in [1.807, 2.05) is 12.1 Å². The Bertz CT molecular complexity index is 926. The van der Waals surface area contributed by atoms with Crippen LogP contribution < -0.4 is 0 Å². The third-order valence-electron chi connectivity index (χ3n) is 5.10. The molecule has 1 aromatic heterocycles. The summed E-state index contributed by atoms with van der Waals surface area (Å²) in [7, 11) is -0.367. The molecule has 8 heteroatoms. The molecule has 0 aliphatic carbocycles. The number of nitrogens with zero attached hydrogens (tertiary/aromatic N) is 4. The Kier molecular flexibility index (Phi) is 5.60. The molecule has 0 N–H and O–H groups in total. The summed E-state index contributed by atoms with van der Waals surface area (Å²) in [5.41, 5.74) is 2.16. The van der Waals surface area contributed by atoms with Gasteiger partial charge in [-0.3, -0.25) is 4.79 Å². The van der Waals surface area contributed by atoms with Crippen LogP contribution in [0.25, 0.3) is 10.9 Å². The van der Waals surface area contributed by atoms with Gasteiger partial charge in [0.1, 0.15) is 0 Å². The molecule has 0 bridgehead atoms. The van der Waals surface area contributed by atoms with Crippen molar-refractivity contribution >= 4 is 27.0 Å². The van der Waals surface area contributed by atoms with Crippen molar-refractivity contribution in [3.05, 3.63) is 36.0 Å². The molecule has 1 aliphatic heterocycles. The quantitative estimate of drug-likeness (QED) is 0.778. The number of carbonyl (C=O) groups excluding carboxylic acids is 1. The fraction of sp³-hybridized carbons (Fsp3) is 0.526. The van der Waals surface area contributed by atoms with E-state index in [-0.39, 0.29) is 5.91 Å². The maximum atomic E-state index is 12.8. The predicted molar refractivity (Wildman–Crippen MR) is 107 cm³/mol. The number of amides is 1. The number of hydrogen-bond donors (Lipinski definition) is 0. The minimum absolute atomic E-state index is 0.0450. The van der Waals surface area contributed by atoms with Gasteiger partial charge < -0.3 is 9.47 Å². The topological polar surface area (TPSA) is 65.9 Å². The monoisotopic (exact) mass is 392 g/mol. The Morgan fingerprint density at radius 3 is 2.33 bits per heavy atom. The molecular formula is C19H28N4O3S. The average molecular weight is 393 g/mol. The van der Waals surface area contributed by atoms with Crippen LogP contribution in [0.4, 0.5) is 0 Å². The van der Waals surface area contributed by atoms with E-state index < -0.39 is 10.2 Å². The van der Waals surface area contributed by atoms with Gasteiger partial charge in [0, 0.05) is 63.4 Å². The highest BCUT2D eigenvalue weighted by Crippen LogP contribution is 2.25. The zero-order valence-electron chi connectivity index (χ0n) is 16.4. The number of piperazine rings is 1. The molecule has 2 heterocycles. The molecule has 1 aliphatic rings. The second kappa shape index (κ2) is 7.61. The summed E-state index contributed by atoms with van der Waals surface area (Å²) in [6.45, 7) is 5.77. The van der Waals surface area contributed by atoms with Gasteiger partial charge in [-0.05, 0) is 25.5 Å². The van der Waals surface area contributed by atoms with E-state index in [4.69, 9.17) is 0 Å². The van der Waals surface area contributed by atoms with Gasteiger partial charge in [0.2, 0.25) is 5.91 Å². The molecule has 27 heavy (non-hydrogen) atoms. The third-order valence-corrected chi connectivity index (χ3v) is 7.04. The number of para-hydroxylation sites is 1. The standard InChI is InChI=1S/C19H28N4O3S/c1-15(2)23-14-16(17-7-5-6-8-18(17)23)13-19(24)21-9-11-22(12-10-21)27(25,26)20(3)4/h5-8,14-15H,9-13H2,1-4H3. The highest BCUT2D eigenvalue weighted by Gasteiger charge is 2.30. The number of fused-ring (bicyclic) bond motifs is 1. The molecule has 0 atom stereocenters. The molecule has 1 amide bonds. The van der Waals surface area contributed by atoms with Crippen LogP contribution in [0.15, 0.2) is 30.5 Å². The summed E-state index contributed by atoms with van der Waals surface area (Å²) in [5, 5.41) is 1.10. The van der Waals surface area contributed by atoms with Crippen LogP contribution in [0.2, 0.25) is 0 Å². The van der Waals surface area contributed by atoms with Crippen molar-refractivity contribution in [3.63, 3.8) is 0 Å². The lowest BCUT2D eigenvalue weighted by Gasteiger charge is -2.35. The van der Waals surface area contributed by atoms with E-state index in [0.29, 0.717) is 38.6 Å². The van der Waals surface area contributed by atoms with Crippen LogP contribution in [0, 0.1) is 0 Å². The molecule has 7 nitrogen and oxygen atoms in total. The highest BCUT2D eigenvalue weighted by molar-refractivity contribution is 7.86. The second-order valence-corrected chi connectivity index (χ2v) is 9.56. The minimum atomic E-state index is -3.42. The van der Waals surface area contributed by atoms with Crippen LogP contribution in [-0.2, 0) is 21.4 Å². The van der Waals surface area contributed by atoms with Gasteiger partial charge in [0.25, 0.3) is 10.2 Å². The molecule has 1 aromatic carbocycles. The molecular weight excluding hydrogens is 364 g/mol. The third kappa shape index (κ3) is 3.88. The molecule has 0 radical (unpaired) electrons. The summed E-state index contributed by atoms with van der Waals surface area (Å²) in [6.07, 6.45) is 2.40. The average Bonchev–Trinajstić information content (AvgIpc) is 3.00. The summed E-state index contributed by atoms with van der Waals surface area (Å²) in [6, 6.07) is 8.45. The van der Waals surface area contributed by atoms with Gasteiger partial charge >= 0.3 is 0 Å². The fourth-order valence-electron chi connectivity index (χ4n) is 3.52. The van der Waals surface area contributed by atoms with Crippen molar-refractivity contribution in [3.8, 4) is 0 Å². The summed E-state index contributed by atoms with van der Waals surface area (Å²) >= 11 is 0. The normalized spacial score (nSPS) is 16.6. The molecule has 0 spiro atoms. The summed E-state index contributed by atoms with van der Waals surface area (Å²) in [4.78, 5) is 14.6. The molecule has 148 valence electrons. The van der Waals surface area contributed by atoms with Gasteiger partial charge in [-0.15, -0.1) is 0 Å². The lowest BCUT2D eigenvalue weighted by atomic mass is 10.1. The first kappa shape index (κ1) is 19.9. The fourth-order valence-corrected chi connectivity index (χ4v) is 4.61. The Hall–Kier alpha value is -1.90. The van der Waals surface area contributed by atoms with Crippen molar-refractivity contribution in [2.75, 3.05) is 40.3 Å². The first-order chi connectivity index (χ1) is 12.7. The Morgan fingerprint density at radius 1 is 1.11 bits per heavy atom. The Labute approximate surface area is 161 Å². The van der Waals surface area contributed by atoms with E-state index in [1.54, 1.807) is 4.90 Å². The molecule has 1 saturated heterocycles. The van der Waals surface area contributed by atoms with E-state index in [1.165, 1.54) is 22.7 Å². The number of hydrogen-bond acceptors (Lipinski definition) is 3. The van der Waals surface area contributed by atoms with Crippen molar-refractivity contribution in [1.29, 1.82) is 0 Å². The maximum absolute atomic E-state index is 12.8. The van der Waals surface area contributed by atoms with Crippen LogP contribution in [0.5, 0.6) is 0 Å². The first-order valence-electron chi connectivity index (χ1n) is 9.25. The Balaban J connectivity index is 1.72. The Morgan fingerprint density at radius 2 is 1.74 bits per heavy atom. The van der Waals surface area contributed by atoms with Gasteiger partial charge in [0.15, 0.2) is 0 Å². The largest absolute Gasteiger partial charge is 0.345 e. The van der Waals surface area contributed by atoms with Gasteiger partial charge in [0.05, 0.1) is 6.42 Å². The first-order valence-corrected chi connectivity index (χ1v) is 10.7. The molecule has 0 saturated carbocycles. The number of rotatable bonds is 5. The van der Waals surface area contributed by atoms with E-state index in [9.17, 15) is 13.2 Å². The SMILES string of the molecule is CC(C)n1cc(CC(=O)N2CCN(S(=O)(=O)N(C)C)CC2)c2ccccc21. The smallest absolute Gasteiger partial charge is 0.281 e. The van der Waals surface area contributed by atoms with E-state index in [0.717, 1.165) is 16.5 Å². The predicted octanol–water partition coefficient (Wildman–Crippen LogP) is 1.72. The van der Waals surface area contributed by atoms with Crippen LogP contribution in [-0.4, -0.2) is 72.7 Å². The molecule has 1 fully saturated rings. The summed E-state index contributed by atoms with van der Waals surface area (Å²) < 4.78 is 29.3. The van der Waals surface area contributed by atoms with Gasteiger partial charge in [-0.2, -0.15) is 17.0 Å². The van der Waals surface area contributed by atoms with E-state index in [2.05, 4.69) is 36.7 Å². The zero-order chi connectivity index (χ0) is 19.8. The summed E-state index contributed by atoms with van der Waals surface area (Å²) in [5.74, 6) is 0.0450. The second-order valence-electron chi connectivity index (χ2n) is 7.42.